The first-order valence-electron chi connectivity index (χ1n) is 5.64. The molecule has 2 aromatic rings. The molecule has 0 amide bonds. The van der Waals surface area contributed by atoms with Crippen LogP contribution in [-0.4, -0.2) is 34.6 Å². The van der Waals surface area contributed by atoms with Crippen molar-refractivity contribution in [3.8, 4) is 0 Å². The normalized spacial score (nSPS) is 21.9. The van der Waals surface area contributed by atoms with Crippen molar-refractivity contribution in [2.75, 3.05) is 25.9 Å². The first-order valence-corrected chi connectivity index (χ1v) is 5.64. The van der Waals surface area contributed by atoms with Gasteiger partial charge in [-0.1, -0.05) is 0 Å². The number of nitrogens with zero attached hydrogens (tertiary/aromatic N) is 3. The summed E-state index contributed by atoms with van der Waals surface area (Å²) in [6, 6.07) is 6.50. The van der Waals surface area contributed by atoms with Crippen LogP contribution in [0.2, 0.25) is 0 Å². The molecule has 1 saturated heterocycles. The minimum atomic E-state index is 0.554. The Morgan fingerprint density at radius 2 is 2.31 bits per heavy atom. The molecule has 0 bridgehead atoms. The molecule has 1 aliphatic rings. The van der Waals surface area contributed by atoms with Crippen LogP contribution in [0.3, 0.4) is 0 Å². The average Bonchev–Trinajstić information content (AvgIpc) is 2.83. The summed E-state index contributed by atoms with van der Waals surface area (Å²) in [6.45, 7) is 2.27. The van der Waals surface area contributed by atoms with Crippen LogP contribution in [0.25, 0.3) is 11.0 Å². The third kappa shape index (κ3) is 1.46. The molecule has 1 atom stereocenters. The van der Waals surface area contributed by atoms with Gasteiger partial charge in [-0.3, -0.25) is 0 Å². The maximum Gasteiger partial charge on any atom is 0.0961 e. The third-order valence-corrected chi connectivity index (χ3v) is 3.36. The maximum atomic E-state index is 5.75. The molecule has 84 valence electrons. The molecule has 0 spiro atoms. The fourth-order valence-electron chi connectivity index (χ4n) is 2.48. The Hall–Kier alpha value is -1.55. The van der Waals surface area contributed by atoms with E-state index in [4.69, 9.17) is 5.73 Å². The number of nitrogen functional groups attached to an aromatic ring is 1. The van der Waals surface area contributed by atoms with Crippen molar-refractivity contribution in [3.63, 3.8) is 0 Å². The van der Waals surface area contributed by atoms with Crippen LogP contribution in [-0.2, 0) is 0 Å². The summed E-state index contributed by atoms with van der Waals surface area (Å²) in [6.07, 6.45) is 3.14. The van der Waals surface area contributed by atoms with E-state index in [-0.39, 0.29) is 0 Å². The van der Waals surface area contributed by atoms with Crippen molar-refractivity contribution >= 4 is 16.7 Å². The largest absolute Gasteiger partial charge is 0.399 e. The van der Waals surface area contributed by atoms with E-state index in [0.29, 0.717) is 6.04 Å². The van der Waals surface area contributed by atoms with Gasteiger partial charge < -0.3 is 15.2 Å². The fraction of sp³-hybridized carbons (Fsp3) is 0.417. The van der Waals surface area contributed by atoms with E-state index in [0.717, 1.165) is 17.7 Å². The van der Waals surface area contributed by atoms with Crippen LogP contribution in [0.15, 0.2) is 24.5 Å². The highest BCUT2D eigenvalue weighted by atomic mass is 15.2. The van der Waals surface area contributed by atoms with Crippen molar-refractivity contribution < 1.29 is 0 Å². The molecule has 1 unspecified atom stereocenters. The first-order chi connectivity index (χ1) is 7.74. The number of hydrogen-bond acceptors (Lipinski definition) is 3. The summed E-state index contributed by atoms with van der Waals surface area (Å²) in [5.74, 6) is 0. The van der Waals surface area contributed by atoms with E-state index >= 15 is 0 Å². The van der Waals surface area contributed by atoms with Crippen molar-refractivity contribution in [2.45, 2.75) is 12.5 Å². The highest BCUT2D eigenvalue weighted by Crippen LogP contribution is 2.25. The third-order valence-electron chi connectivity index (χ3n) is 3.36. The van der Waals surface area contributed by atoms with Gasteiger partial charge in [-0.15, -0.1) is 0 Å². The van der Waals surface area contributed by atoms with Crippen LogP contribution in [0.4, 0.5) is 5.69 Å². The van der Waals surface area contributed by atoms with E-state index in [1.54, 1.807) is 0 Å². The lowest BCUT2D eigenvalue weighted by Crippen LogP contribution is -2.15. The number of benzene rings is 1. The molecule has 2 heterocycles. The molecule has 1 aromatic heterocycles. The van der Waals surface area contributed by atoms with Gasteiger partial charge in [0.2, 0.25) is 0 Å². The van der Waals surface area contributed by atoms with Gasteiger partial charge in [-0.25, -0.2) is 4.98 Å². The van der Waals surface area contributed by atoms with E-state index in [1.807, 2.05) is 18.5 Å². The van der Waals surface area contributed by atoms with Gasteiger partial charge in [-0.2, -0.15) is 0 Å². The maximum absolute atomic E-state index is 5.75. The second kappa shape index (κ2) is 3.49. The highest BCUT2D eigenvalue weighted by molar-refractivity contribution is 5.79. The number of aromatic nitrogens is 2. The van der Waals surface area contributed by atoms with Crippen LogP contribution in [0.1, 0.15) is 12.5 Å². The zero-order valence-corrected chi connectivity index (χ0v) is 9.43. The Morgan fingerprint density at radius 1 is 1.44 bits per heavy atom. The Morgan fingerprint density at radius 3 is 3.06 bits per heavy atom. The first kappa shape index (κ1) is 9.66. The minimum Gasteiger partial charge on any atom is -0.399 e. The Balaban J connectivity index is 2.04. The predicted molar refractivity (Wildman–Crippen MR) is 65.3 cm³/mol. The molecule has 1 aromatic carbocycles. The molecule has 2 N–H and O–H groups in total. The second-order valence-corrected chi connectivity index (χ2v) is 4.60. The molecular weight excluding hydrogens is 200 g/mol. The lowest BCUT2D eigenvalue weighted by molar-refractivity contribution is 0.394. The van der Waals surface area contributed by atoms with E-state index in [9.17, 15) is 0 Å². The van der Waals surface area contributed by atoms with Gasteiger partial charge in [-0.05, 0) is 38.2 Å². The summed E-state index contributed by atoms with van der Waals surface area (Å²) < 4.78 is 2.28. The number of likely N-dealkylation sites (N-methyl/N-ethyl adjacent to an activating group) is 1. The molecule has 3 rings (SSSR count). The molecule has 4 heteroatoms. The van der Waals surface area contributed by atoms with Gasteiger partial charge in [0.25, 0.3) is 0 Å². The molecule has 1 aliphatic heterocycles. The number of likely N-dealkylation sites (tertiary alicyclic amines) is 1. The summed E-state index contributed by atoms with van der Waals surface area (Å²) in [5, 5.41) is 0. The van der Waals surface area contributed by atoms with E-state index < -0.39 is 0 Å². The zero-order chi connectivity index (χ0) is 11.1. The quantitative estimate of drug-likeness (QED) is 0.735. The van der Waals surface area contributed by atoms with Crippen molar-refractivity contribution in [1.82, 2.24) is 14.5 Å². The SMILES string of the molecule is CN1CCC(n2cnc3cc(N)ccc32)C1. The predicted octanol–water partition coefficient (Wildman–Crippen LogP) is 1.50. The number of hydrogen-bond donors (Lipinski definition) is 1. The number of fused-ring (bicyclic) bond motifs is 1. The monoisotopic (exact) mass is 216 g/mol. The summed E-state index contributed by atoms with van der Waals surface area (Å²) in [7, 11) is 2.16. The molecule has 0 aliphatic carbocycles. The Labute approximate surface area is 94.7 Å². The lowest BCUT2D eigenvalue weighted by atomic mass is 10.2. The number of imidazole rings is 1. The standard InChI is InChI=1S/C12H16N4/c1-15-5-4-10(7-15)16-8-14-11-6-9(13)2-3-12(11)16/h2-3,6,8,10H,4-5,7,13H2,1H3. The van der Waals surface area contributed by atoms with Gasteiger partial charge in [0.05, 0.1) is 17.4 Å². The highest BCUT2D eigenvalue weighted by Gasteiger charge is 2.22. The van der Waals surface area contributed by atoms with Crippen LogP contribution < -0.4 is 5.73 Å². The van der Waals surface area contributed by atoms with Gasteiger partial charge >= 0.3 is 0 Å². The average molecular weight is 216 g/mol. The summed E-state index contributed by atoms with van der Waals surface area (Å²) in [5.41, 5.74) is 8.71. The number of rotatable bonds is 1. The van der Waals surface area contributed by atoms with Crippen molar-refractivity contribution in [2.24, 2.45) is 0 Å². The topological polar surface area (TPSA) is 47.1 Å². The minimum absolute atomic E-state index is 0.554. The number of anilines is 1. The summed E-state index contributed by atoms with van der Waals surface area (Å²) >= 11 is 0. The van der Waals surface area contributed by atoms with Crippen molar-refractivity contribution in [3.05, 3.63) is 24.5 Å². The molecule has 16 heavy (non-hydrogen) atoms. The Kier molecular flexibility index (Phi) is 2.11. The van der Waals surface area contributed by atoms with Gasteiger partial charge in [0, 0.05) is 18.3 Å². The lowest BCUT2D eigenvalue weighted by Gasteiger charge is -2.13. The van der Waals surface area contributed by atoms with Crippen molar-refractivity contribution in [1.29, 1.82) is 0 Å². The van der Waals surface area contributed by atoms with Gasteiger partial charge in [0.15, 0.2) is 0 Å². The molecule has 4 nitrogen and oxygen atoms in total. The van der Waals surface area contributed by atoms with E-state index in [1.165, 1.54) is 18.5 Å². The van der Waals surface area contributed by atoms with Crippen LogP contribution in [0, 0.1) is 0 Å². The number of nitrogens with two attached hydrogens (primary N) is 1. The fourth-order valence-corrected chi connectivity index (χ4v) is 2.48. The van der Waals surface area contributed by atoms with Crippen LogP contribution >= 0.6 is 0 Å². The molecular formula is C12H16N4. The smallest absolute Gasteiger partial charge is 0.0961 e. The zero-order valence-electron chi connectivity index (χ0n) is 9.43. The Bertz CT molecular complexity index is 517. The van der Waals surface area contributed by atoms with E-state index in [2.05, 4.69) is 27.6 Å². The molecule has 1 fully saturated rings. The van der Waals surface area contributed by atoms with Crippen LogP contribution in [0.5, 0.6) is 0 Å². The summed E-state index contributed by atoms with van der Waals surface area (Å²) in [4.78, 5) is 6.77. The second-order valence-electron chi connectivity index (χ2n) is 4.60. The molecule has 0 radical (unpaired) electrons. The van der Waals surface area contributed by atoms with Gasteiger partial charge in [0.1, 0.15) is 0 Å². The molecule has 0 saturated carbocycles.